The standard InChI is InChI=1S/C6H4BrF6NO2/c1-2-14-16-3(15)4(7,5(8,9)10)6(11,12)13/h2H,1H3. The summed E-state index contributed by atoms with van der Waals surface area (Å²) in [5.41, 5.74) is 0. The fourth-order valence-corrected chi connectivity index (χ4v) is 0.628. The van der Waals surface area contributed by atoms with E-state index in [0.29, 0.717) is 0 Å². The first-order valence-corrected chi connectivity index (χ1v) is 4.29. The van der Waals surface area contributed by atoms with E-state index in [9.17, 15) is 31.1 Å². The highest BCUT2D eigenvalue weighted by Gasteiger charge is 2.76. The van der Waals surface area contributed by atoms with Crippen molar-refractivity contribution in [3.63, 3.8) is 0 Å². The van der Waals surface area contributed by atoms with Gasteiger partial charge in [-0.25, -0.2) is 4.79 Å². The maximum absolute atomic E-state index is 12.2. The Hall–Kier alpha value is -0.800. The Balaban J connectivity index is 5.35. The van der Waals surface area contributed by atoms with Crippen LogP contribution < -0.4 is 0 Å². The summed E-state index contributed by atoms with van der Waals surface area (Å²) in [4.78, 5) is 14.1. The molecule has 0 unspecified atom stereocenters. The summed E-state index contributed by atoms with van der Waals surface area (Å²) < 4.78 is 68.2. The smallest absolute Gasteiger partial charge is 0.316 e. The zero-order valence-electron chi connectivity index (χ0n) is 7.49. The normalized spacial score (nSPS) is 14.2. The van der Waals surface area contributed by atoms with Crippen LogP contribution in [0, 0.1) is 0 Å². The minimum Gasteiger partial charge on any atom is -0.316 e. The van der Waals surface area contributed by atoms with Crippen LogP contribution in [0.1, 0.15) is 6.92 Å². The largest absolute Gasteiger partial charge is 0.423 e. The zero-order chi connectivity index (χ0) is 13.2. The predicted molar refractivity (Wildman–Crippen MR) is 44.0 cm³/mol. The fourth-order valence-electron chi connectivity index (χ4n) is 0.556. The first kappa shape index (κ1) is 15.2. The molecule has 3 nitrogen and oxygen atoms in total. The molecule has 0 bridgehead atoms. The summed E-state index contributed by atoms with van der Waals surface area (Å²) in [6.45, 7) is 1.14. The van der Waals surface area contributed by atoms with Gasteiger partial charge >= 0.3 is 22.6 Å². The highest BCUT2D eigenvalue weighted by Crippen LogP contribution is 2.50. The van der Waals surface area contributed by atoms with Crippen molar-refractivity contribution in [1.29, 1.82) is 0 Å². The van der Waals surface area contributed by atoms with Crippen LogP contribution in [-0.4, -0.2) is 28.9 Å². The Bertz CT molecular complexity index is 282. The Morgan fingerprint density at radius 3 is 1.81 bits per heavy atom. The van der Waals surface area contributed by atoms with Gasteiger partial charge in [-0.05, 0) is 6.92 Å². The lowest BCUT2D eigenvalue weighted by Gasteiger charge is -2.28. The SMILES string of the molecule is CC=NOC(=O)C(Br)(C(F)(F)F)C(F)(F)F. The number of carbonyl (C=O) groups excluding carboxylic acids is 1. The molecule has 94 valence electrons. The van der Waals surface area contributed by atoms with Gasteiger partial charge in [-0.3, -0.25) is 0 Å². The van der Waals surface area contributed by atoms with Gasteiger partial charge in [-0.15, -0.1) is 0 Å². The van der Waals surface area contributed by atoms with Crippen LogP contribution >= 0.6 is 15.9 Å². The highest BCUT2D eigenvalue weighted by atomic mass is 79.9. The molecule has 0 spiro atoms. The van der Waals surface area contributed by atoms with Crippen molar-refractivity contribution in [2.24, 2.45) is 5.16 Å². The molecule has 0 saturated heterocycles. The summed E-state index contributed by atoms with van der Waals surface area (Å²) in [6, 6.07) is 0. The molecule has 0 rings (SSSR count). The van der Waals surface area contributed by atoms with Gasteiger partial charge in [0.25, 0.3) is 0 Å². The Morgan fingerprint density at radius 2 is 1.56 bits per heavy atom. The van der Waals surface area contributed by atoms with E-state index >= 15 is 0 Å². The van der Waals surface area contributed by atoms with Crippen LogP contribution in [-0.2, 0) is 9.63 Å². The lowest BCUT2D eigenvalue weighted by molar-refractivity contribution is -0.262. The van der Waals surface area contributed by atoms with Crippen molar-refractivity contribution >= 4 is 28.1 Å². The van der Waals surface area contributed by atoms with Crippen molar-refractivity contribution in [2.75, 3.05) is 0 Å². The molecule has 0 radical (unpaired) electrons. The van der Waals surface area contributed by atoms with Gasteiger partial charge in [0.15, 0.2) is 0 Å². The van der Waals surface area contributed by atoms with E-state index in [4.69, 9.17) is 0 Å². The molecule has 16 heavy (non-hydrogen) atoms. The quantitative estimate of drug-likeness (QED) is 0.258. The van der Waals surface area contributed by atoms with Gasteiger partial charge in [-0.2, -0.15) is 26.3 Å². The Kier molecular flexibility index (Phi) is 4.37. The molecule has 0 N–H and O–H groups in total. The number of hydrogen-bond donors (Lipinski definition) is 0. The minimum atomic E-state index is -5.90. The second-order valence-electron chi connectivity index (χ2n) is 2.40. The van der Waals surface area contributed by atoms with Gasteiger partial charge in [0, 0.05) is 6.21 Å². The fraction of sp³-hybridized carbons (Fsp3) is 0.667. The van der Waals surface area contributed by atoms with E-state index in [-0.39, 0.29) is 0 Å². The molecule has 0 aromatic heterocycles. The Morgan fingerprint density at radius 1 is 1.19 bits per heavy atom. The first-order chi connectivity index (χ1) is 6.98. The molecule has 0 atom stereocenters. The molecule has 0 amide bonds. The van der Waals surface area contributed by atoms with Crippen LogP contribution in [0.15, 0.2) is 5.16 Å². The molecular weight excluding hydrogens is 312 g/mol. The molecular formula is C6H4BrF6NO2. The molecule has 0 fully saturated rings. The van der Waals surface area contributed by atoms with E-state index in [1.165, 1.54) is 15.9 Å². The monoisotopic (exact) mass is 315 g/mol. The molecule has 0 aliphatic carbocycles. The van der Waals surface area contributed by atoms with Crippen LogP contribution in [0.5, 0.6) is 0 Å². The van der Waals surface area contributed by atoms with Crippen LogP contribution in [0.4, 0.5) is 26.3 Å². The van der Waals surface area contributed by atoms with Crippen molar-refractivity contribution in [3.8, 4) is 0 Å². The molecule has 0 aromatic carbocycles. The molecule has 0 aliphatic rings. The van der Waals surface area contributed by atoms with E-state index < -0.39 is 22.6 Å². The number of oxime groups is 1. The molecule has 10 heteroatoms. The van der Waals surface area contributed by atoms with Crippen molar-refractivity contribution < 1.29 is 36.0 Å². The second-order valence-corrected chi connectivity index (χ2v) is 3.59. The number of halogens is 7. The van der Waals surface area contributed by atoms with Crippen LogP contribution in [0.25, 0.3) is 0 Å². The van der Waals surface area contributed by atoms with Crippen LogP contribution in [0.2, 0.25) is 0 Å². The first-order valence-electron chi connectivity index (χ1n) is 3.50. The number of rotatable bonds is 2. The van der Waals surface area contributed by atoms with Gasteiger partial charge < -0.3 is 4.84 Å². The third-order valence-electron chi connectivity index (χ3n) is 1.30. The van der Waals surface area contributed by atoms with E-state index in [1.54, 1.807) is 0 Å². The van der Waals surface area contributed by atoms with Gasteiger partial charge in [0.2, 0.25) is 0 Å². The van der Waals surface area contributed by atoms with Gasteiger partial charge in [0.05, 0.1) is 0 Å². The zero-order valence-corrected chi connectivity index (χ0v) is 9.07. The second kappa shape index (κ2) is 4.60. The van der Waals surface area contributed by atoms with E-state index in [0.717, 1.165) is 13.1 Å². The molecule has 0 heterocycles. The summed E-state index contributed by atoms with van der Waals surface area (Å²) in [5, 5.41) is 2.56. The van der Waals surface area contributed by atoms with E-state index in [1.807, 2.05) is 0 Å². The molecule has 0 aromatic rings. The minimum absolute atomic E-state index is 0.720. The maximum atomic E-state index is 12.2. The van der Waals surface area contributed by atoms with E-state index in [2.05, 4.69) is 9.99 Å². The average Bonchev–Trinajstić information content (AvgIpc) is 2.08. The Labute approximate surface area is 93.5 Å². The number of carbonyl (C=O) groups is 1. The summed E-state index contributed by atoms with van der Waals surface area (Å²) in [6.07, 6.45) is -11.1. The van der Waals surface area contributed by atoms with Crippen molar-refractivity contribution in [3.05, 3.63) is 0 Å². The lowest BCUT2D eigenvalue weighted by Crippen LogP contribution is -2.57. The van der Waals surface area contributed by atoms with Gasteiger partial charge in [-0.1, -0.05) is 21.1 Å². The lowest BCUT2D eigenvalue weighted by atomic mass is 10.1. The molecule has 0 saturated carbocycles. The summed E-state index contributed by atoms with van der Waals surface area (Å²) in [7, 11) is 0. The summed E-state index contributed by atoms with van der Waals surface area (Å²) >= 11 is 1.32. The highest BCUT2D eigenvalue weighted by molar-refractivity contribution is 9.10. The van der Waals surface area contributed by atoms with Gasteiger partial charge in [0.1, 0.15) is 0 Å². The predicted octanol–water partition coefficient (Wildman–Crippen LogP) is 2.79. The molecule has 0 aliphatic heterocycles. The third kappa shape index (κ3) is 2.66. The van der Waals surface area contributed by atoms with Crippen LogP contribution in [0.3, 0.4) is 0 Å². The topological polar surface area (TPSA) is 38.7 Å². The number of nitrogens with zero attached hydrogens (tertiary/aromatic N) is 1. The average molecular weight is 316 g/mol. The maximum Gasteiger partial charge on any atom is 0.423 e. The summed E-state index contributed by atoms with van der Waals surface area (Å²) in [5.74, 6) is -2.61. The number of alkyl halides is 7. The number of hydrogen-bond acceptors (Lipinski definition) is 3. The van der Waals surface area contributed by atoms with Crippen molar-refractivity contribution in [2.45, 2.75) is 23.6 Å². The van der Waals surface area contributed by atoms with Crippen molar-refractivity contribution in [1.82, 2.24) is 0 Å². The third-order valence-corrected chi connectivity index (χ3v) is 2.53.